The third-order valence-corrected chi connectivity index (χ3v) is 6.18. The summed E-state index contributed by atoms with van der Waals surface area (Å²) in [6, 6.07) is 2.01. The number of carbonyl (C=O) groups excluding carboxylic acids is 1. The van der Waals surface area contributed by atoms with E-state index in [1.165, 1.54) is 0 Å². The Labute approximate surface area is 167 Å². The van der Waals surface area contributed by atoms with Gasteiger partial charge in [-0.2, -0.15) is 5.10 Å². The zero-order chi connectivity index (χ0) is 20.1. The van der Waals surface area contributed by atoms with Crippen molar-refractivity contribution in [3.8, 4) is 0 Å². The average molecular weight is 385 g/mol. The second kappa shape index (κ2) is 6.83. The Morgan fingerprint density at radius 1 is 1.36 bits per heavy atom. The van der Waals surface area contributed by atoms with Crippen LogP contribution in [0.5, 0.6) is 0 Å². The number of methoxy groups -OCH3 is 1. The normalized spacial score (nSPS) is 18.9. The standard InChI is InChI=1S/C22H32N4O2/c1-14-18-16(20(27)24-22(9-6-10-22)11-12-28-5)13-17(15-7-8-15)23-19(18)26(25-14)21(2,3)4/h13,15H,6-12H2,1-5H3,(H,24,27). The highest BCUT2D eigenvalue weighted by molar-refractivity contribution is 6.07. The summed E-state index contributed by atoms with van der Waals surface area (Å²) in [6.45, 7) is 9.01. The molecule has 0 aliphatic heterocycles. The van der Waals surface area contributed by atoms with Crippen molar-refractivity contribution in [3.05, 3.63) is 23.0 Å². The zero-order valence-electron chi connectivity index (χ0n) is 17.8. The molecule has 2 aromatic rings. The van der Waals surface area contributed by atoms with Gasteiger partial charge in [0.2, 0.25) is 0 Å². The third-order valence-electron chi connectivity index (χ3n) is 6.18. The van der Waals surface area contributed by atoms with Crippen LogP contribution in [0.4, 0.5) is 0 Å². The van der Waals surface area contributed by atoms with Gasteiger partial charge in [-0.3, -0.25) is 4.79 Å². The lowest BCUT2D eigenvalue weighted by molar-refractivity contribution is 0.0730. The van der Waals surface area contributed by atoms with Gasteiger partial charge in [0.1, 0.15) is 0 Å². The lowest BCUT2D eigenvalue weighted by Crippen LogP contribution is -2.54. The van der Waals surface area contributed by atoms with E-state index in [1.54, 1.807) is 7.11 Å². The number of hydrogen-bond donors (Lipinski definition) is 1. The van der Waals surface area contributed by atoms with Crippen molar-refractivity contribution in [2.75, 3.05) is 13.7 Å². The summed E-state index contributed by atoms with van der Waals surface area (Å²) in [5, 5.41) is 9.00. The molecule has 0 spiro atoms. The summed E-state index contributed by atoms with van der Waals surface area (Å²) in [6.07, 6.45) is 6.36. The zero-order valence-corrected chi connectivity index (χ0v) is 17.8. The van der Waals surface area contributed by atoms with E-state index >= 15 is 0 Å². The number of carbonyl (C=O) groups is 1. The molecule has 2 aromatic heterocycles. The van der Waals surface area contributed by atoms with E-state index in [2.05, 4.69) is 26.1 Å². The molecule has 0 saturated heterocycles. The lowest BCUT2D eigenvalue weighted by atomic mass is 9.74. The number of ether oxygens (including phenoxy) is 1. The number of fused-ring (bicyclic) bond motifs is 1. The molecule has 28 heavy (non-hydrogen) atoms. The SMILES string of the molecule is COCCC1(NC(=O)c2cc(C3CC3)nc3c2c(C)nn3C(C)(C)C)CCC1. The van der Waals surface area contributed by atoms with Crippen molar-refractivity contribution in [1.82, 2.24) is 20.1 Å². The first-order valence-electron chi connectivity index (χ1n) is 10.5. The van der Waals surface area contributed by atoms with E-state index in [1.807, 2.05) is 17.7 Å². The molecule has 6 heteroatoms. The van der Waals surface area contributed by atoms with Crippen LogP contribution in [0.1, 0.15) is 87.0 Å². The van der Waals surface area contributed by atoms with Crippen LogP contribution >= 0.6 is 0 Å². The minimum absolute atomic E-state index is 0.00154. The van der Waals surface area contributed by atoms with Crippen molar-refractivity contribution >= 4 is 16.9 Å². The maximum atomic E-state index is 13.4. The van der Waals surface area contributed by atoms with Crippen LogP contribution < -0.4 is 5.32 Å². The van der Waals surface area contributed by atoms with Crippen LogP contribution in [0, 0.1) is 6.92 Å². The third kappa shape index (κ3) is 3.43. The molecule has 2 aliphatic rings. The smallest absolute Gasteiger partial charge is 0.252 e. The molecule has 2 aliphatic carbocycles. The van der Waals surface area contributed by atoms with Crippen molar-refractivity contribution in [3.63, 3.8) is 0 Å². The van der Waals surface area contributed by atoms with Crippen LogP contribution in [0.3, 0.4) is 0 Å². The topological polar surface area (TPSA) is 69.0 Å². The van der Waals surface area contributed by atoms with E-state index in [4.69, 9.17) is 14.8 Å². The van der Waals surface area contributed by atoms with Gasteiger partial charge in [-0.05, 0) is 72.3 Å². The van der Waals surface area contributed by atoms with Crippen molar-refractivity contribution in [2.45, 2.75) is 83.2 Å². The van der Waals surface area contributed by atoms with Gasteiger partial charge in [0.05, 0.1) is 22.2 Å². The second-order valence-corrected chi connectivity index (χ2v) is 9.57. The van der Waals surface area contributed by atoms with E-state index in [0.29, 0.717) is 12.5 Å². The summed E-state index contributed by atoms with van der Waals surface area (Å²) in [7, 11) is 1.72. The van der Waals surface area contributed by atoms with Crippen LogP contribution in [0.25, 0.3) is 11.0 Å². The van der Waals surface area contributed by atoms with Gasteiger partial charge < -0.3 is 10.1 Å². The number of hydrogen-bond acceptors (Lipinski definition) is 4. The van der Waals surface area contributed by atoms with E-state index in [-0.39, 0.29) is 17.0 Å². The van der Waals surface area contributed by atoms with Gasteiger partial charge in [0, 0.05) is 30.9 Å². The van der Waals surface area contributed by atoms with Gasteiger partial charge in [0.15, 0.2) is 5.65 Å². The van der Waals surface area contributed by atoms with Crippen LogP contribution in [0.2, 0.25) is 0 Å². The maximum absolute atomic E-state index is 13.4. The van der Waals surface area contributed by atoms with Crippen LogP contribution in [-0.2, 0) is 10.3 Å². The average Bonchev–Trinajstić information content (AvgIpc) is 3.39. The quantitative estimate of drug-likeness (QED) is 0.815. The Balaban J connectivity index is 1.77. The highest BCUT2D eigenvalue weighted by atomic mass is 16.5. The maximum Gasteiger partial charge on any atom is 0.252 e. The van der Waals surface area contributed by atoms with Crippen molar-refractivity contribution < 1.29 is 9.53 Å². The fourth-order valence-corrected chi connectivity index (χ4v) is 4.19. The van der Waals surface area contributed by atoms with Gasteiger partial charge in [-0.1, -0.05) is 0 Å². The number of pyridine rings is 1. The molecule has 0 unspecified atom stereocenters. The molecule has 0 aromatic carbocycles. The number of nitrogens with zero attached hydrogens (tertiary/aromatic N) is 3. The minimum atomic E-state index is -0.191. The fraction of sp³-hybridized carbons (Fsp3) is 0.682. The molecular formula is C22H32N4O2. The molecule has 4 rings (SSSR count). The van der Waals surface area contributed by atoms with E-state index in [9.17, 15) is 4.79 Å². The summed E-state index contributed by atoms with van der Waals surface area (Å²) in [5.41, 5.74) is 3.13. The number of aryl methyl sites for hydroxylation is 1. The first-order valence-corrected chi connectivity index (χ1v) is 10.5. The molecule has 6 nitrogen and oxygen atoms in total. The first-order chi connectivity index (χ1) is 13.2. The number of aromatic nitrogens is 3. The van der Waals surface area contributed by atoms with E-state index < -0.39 is 0 Å². The van der Waals surface area contributed by atoms with Crippen molar-refractivity contribution in [2.24, 2.45) is 0 Å². The largest absolute Gasteiger partial charge is 0.385 e. The number of amides is 1. The van der Waals surface area contributed by atoms with Crippen LogP contribution in [0.15, 0.2) is 6.07 Å². The molecule has 0 radical (unpaired) electrons. The predicted molar refractivity (Wildman–Crippen MR) is 110 cm³/mol. The molecule has 1 amide bonds. The highest BCUT2D eigenvalue weighted by Crippen LogP contribution is 2.41. The molecule has 2 saturated carbocycles. The summed E-state index contributed by atoms with van der Waals surface area (Å²) >= 11 is 0. The Bertz CT molecular complexity index is 901. The Hall–Kier alpha value is -1.95. The highest BCUT2D eigenvalue weighted by Gasteiger charge is 2.39. The lowest BCUT2D eigenvalue weighted by Gasteiger charge is -2.42. The Kier molecular flexibility index (Phi) is 4.73. The van der Waals surface area contributed by atoms with Gasteiger partial charge in [-0.15, -0.1) is 0 Å². The second-order valence-electron chi connectivity index (χ2n) is 9.57. The molecule has 1 N–H and O–H groups in total. The summed E-state index contributed by atoms with van der Waals surface area (Å²) in [4.78, 5) is 18.4. The molecule has 2 fully saturated rings. The summed E-state index contributed by atoms with van der Waals surface area (Å²) in [5.74, 6) is 0.479. The first kappa shape index (κ1) is 19.4. The number of rotatable bonds is 6. The van der Waals surface area contributed by atoms with Crippen molar-refractivity contribution in [1.29, 1.82) is 0 Å². The molecule has 2 heterocycles. The van der Waals surface area contributed by atoms with E-state index in [0.717, 1.165) is 66.5 Å². The molecule has 0 atom stereocenters. The molecule has 0 bridgehead atoms. The number of nitrogens with one attached hydrogen (secondary N) is 1. The Morgan fingerprint density at radius 3 is 2.61 bits per heavy atom. The van der Waals surface area contributed by atoms with Gasteiger partial charge in [-0.25, -0.2) is 9.67 Å². The van der Waals surface area contributed by atoms with Gasteiger partial charge >= 0.3 is 0 Å². The fourth-order valence-electron chi connectivity index (χ4n) is 4.19. The molecular weight excluding hydrogens is 352 g/mol. The molecule has 152 valence electrons. The van der Waals surface area contributed by atoms with Crippen LogP contribution in [-0.4, -0.2) is 39.9 Å². The Morgan fingerprint density at radius 2 is 2.07 bits per heavy atom. The minimum Gasteiger partial charge on any atom is -0.385 e. The summed E-state index contributed by atoms with van der Waals surface area (Å²) < 4.78 is 7.25. The monoisotopic (exact) mass is 384 g/mol. The predicted octanol–water partition coefficient (Wildman–Crippen LogP) is 4.06. The van der Waals surface area contributed by atoms with Gasteiger partial charge in [0.25, 0.3) is 5.91 Å².